The zero-order valence-corrected chi connectivity index (χ0v) is 15.6. The van der Waals surface area contributed by atoms with Gasteiger partial charge in [0.05, 0.1) is 12.6 Å². The van der Waals surface area contributed by atoms with Crippen molar-refractivity contribution in [2.24, 2.45) is 0 Å². The highest BCUT2D eigenvalue weighted by Crippen LogP contribution is 2.20. The molecule has 1 aliphatic rings. The zero-order valence-electron chi connectivity index (χ0n) is 14.8. The van der Waals surface area contributed by atoms with Crippen LogP contribution in [0.3, 0.4) is 0 Å². The molecule has 140 valence electrons. The summed E-state index contributed by atoms with van der Waals surface area (Å²) in [7, 11) is -1.38. The lowest BCUT2D eigenvalue weighted by molar-refractivity contribution is -0.132. The minimum absolute atomic E-state index is 0.0761. The van der Waals surface area contributed by atoms with Gasteiger partial charge in [-0.1, -0.05) is 35.5 Å². The van der Waals surface area contributed by atoms with Gasteiger partial charge in [0.15, 0.2) is 15.7 Å². The first-order chi connectivity index (χ1) is 12.3. The minimum Gasteiger partial charge on any atom is -0.338 e. The van der Waals surface area contributed by atoms with E-state index in [9.17, 15) is 13.2 Å². The van der Waals surface area contributed by atoms with Crippen LogP contribution in [0.4, 0.5) is 0 Å². The molecule has 0 bridgehead atoms. The lowest BCUT2D eigenvalue weighted by Gasteiger charge is -2.22. The largest absolute Gasteiger partial charge is 0.338 e. The molecule has 0 N–H and O–H groups in total. The molecule has 1 amide bonds. The van der Waals surface area contributed by atoms with Crippen molar-refractivity contribution < 1.29 is 17.7 Å². The van der Waals surface area contributed by atoms with Gasteiger partial charge in [-0.25, -0.2) is 8.42 Å². The first-order valence-corrected chi connectivity index (χ1v) is 10.4. The third-order valence-corrected chi connectivity index (χ3v) is 5.09. The van der Waals surface area contributed by atoms with E-state index in [1.54, 1.807) is 0 Å². The predicted octanol–water partition coefficient (Wildman–Crippen LogP) is 0.847. The monoisotopic (exact) mass is 378 g/mol. The minimum atomic E-state index is -3.21. The summed E-state index contributed by atoms with van der Waals surface area (Å²) >= 11 is 0. The first-order valence-electron chi connectivity index (χ1n) is 8.34. The number of aromatic nitrogens is 2. The number of hydrogen-bond donors (Lipinski definition) is 0. The fourth-order valence-electron chi connectivity index (χ4n) is 3.06. The lowest BCUT2D eigenvalue weighted by atomic mass is 10.2. The molecule has 0 radical (unpaired) electrons. The number of carbonyl (C=O) groups is 1. The van der Waals surface area contributed by atoms with E-state index in [0.29, 0.717) is 25.5 Å². The number of hydrogen-bond acceptors (Lipinski definition) is 7. The van der Waals surface area contributed by atoms with Gasteiger partial charge in [-0.3, -0.25) is 9.69 Å². The van der Waals surface area contributed by atoms with Gasteiger partial charge in [-0.05, 0) is 19.0 Å². The van der Waals surface area contributed by atoms with Crippen molar-refractivity contribution >= 4 is 15.7 Å². The SMILES string of the molecule is CN(Cc1nc(CS(C)(=O)=O)no1)C1CCN(Cc2ccccc2)C1=O. The van der Waals surface area contributed by atoms with Crippen LogP contribution in [0, 0.1) is 0 Å². The van der Waals surface area contributed by atoms with Crippen molar-refractivity contribution in [2.45, 2.75) is 31.3 Å². The average molecular weight is 378 g/mol. The van der Waals surface area contributed by atoms with Gasteiger partial charge >= 0.3 is 0 Å². The van der Waals surface area contributed by atoms with E-state index in [4.69, 9.17) is 4.52 Å². The number of nitrogens with zero attached hydrogens (tertiary/aromatic N) is 4. The van der Waals surface area contributed by atoms with Gasteiger partial charge in [-0.2, -0.15) is 4.98 Å². The van der Waals surface area contributed by atoms with E-state index < -0.39 is 9.84 Å². The first kappa shape index (κ1) is 18.5. The van der Waals surface area contributed by atoms with Gasteiger partial charge < -0.3 is 9.42 Å². The van der Waals surface area contributed by atoms with E-state index >= 15 is 0 Å². The molecule has 0 aliphatic carbocycles. The third-order valence-electron chi connectivity index (χ3n) is 4.30. The van der Waals surface area contributed by atoms with Gasteiger partial charge in [-0.15, -0.1) is 0 Å². The number of benzene rings is 1. The van der Waals surface area contributed by atoms with Crippen LogP contribution in [-0.4, -0.2) is 60.2 Å². The highest BCUT2D eigenvalue weighted by atomic mass is 32.2. The molecule has 1 saturated heterocycles. The molecular weight excluding hydrogens is 356 g/mol. The molecule has 1 aromatic heterocycles. The number of sulfone groups is 1. The van der Waals surface area contributed by atoms with Crippen LogP contribution in [0.15, 0.2) is 34.9 Å². The molecule has 0 spiro atoms. The Labute approximate surface area is 152 Å². The van der Waals surface area contributed by atoms with E-state index in [-0.39, 0.29) is 23.5 Å². The van der Waals surface area contributed by atoms with Crippen molar-refractivity contribution in [1.29, 1.82) is 0 Å². The van der Waals surface area contributed by atoms with Crippen molar-refractivity contribution in [3.63, 3.8) is 0 Å². The summed E-state index contributed by atoms with van der Waals surface area (Å²) in [6.07, 6.45) is 1.85. The number of likely N-dealkylation sites (tertiary alicyclic amines) is 1. The summed E-state index contributed by atoms with van der Waals surface area (Å²) < 4.78 is 27.7. The molecule has 1 aromatic carbocycles. The molecule has 26 heavy (non-hydrogen) atoms. The van der Waals surface area contributed by atoms with Gasteiger partial charge in [0, 0.05) is 19.3 Å². The molecule has 0 saturated carbocycles. The van der Waals surface area contributed by atoms with E-state index in [2.05, 4.69) is 10.1 Å². The molecule has 2 heterocycles. The Balaban J connectivity index is 1.58. The Hall–Kier alpha value is -2.26. The van der Waals surface area contributed by atoms with Gasteiger partial charge in [0.2, 0.25) is 11.8 Å². The summed E-state index contributed by atoms with van der Waals surface area (Å²) in [6.45, 7) is 1.60. The Morgan fingerprint density at radius 1 is 1.31 bits per heavy atom. The second-order valence-corrected chi connectivity index (χ2v) is 8.78. The molecule has 3 rings (SSSR count). The predicted molar refractivity (Wildman–Crippen MR) is 94.6 cm³/mol. The Kier molecular flexibility index (Phi) is 5.38. The van der Waals surface area contributed by atoms with Crippen molar-refractivity contribution in [3.8, 4) is 0 Å². The standard InChI is InChI=1S/C17H22N4O4S/c1-20(11-16-18-15(19-25-16)12-26(2,23)24)14-8-9-21(17(14)22)10-13-6-4-3-5-7-13/h3-7,14H,8-12H2,1-2H3. The fraction of sp³-hybridized carbons (Fsp3) is 0.471. The van der Waals surface area contributed by atoms with Gasteiger partial charge in [0.25, 0.3) is 0 Å². The summed E-state index contributed by atoms with van der Waals surface area (Å²) in [4.78, 5) is 20.5. The van der Waals surface area contributed by atoms with Crippen molar-refractivity contribution in [2.75, 3.05) is 19.8 Å². The summed E-state index contributed by atoms with van der Waals surface area (Å²) in [6, 6.07) is 9.64. The Morgan fingerprint density at radius 3 is 2.73 bits per heavy atom. The molecule has 2 aromatic rings. The quantitative estimate of drug-likeness (QED) is 0.704. The molecule has 1 fully saturated rings. The number of amides is 1. The topological polar surface area (TPSA) is 96.6 Å². The molecule has 1 atom stereocenters. The van der Waals surface area contributed by atoms with Crippen LogP contribution in [-0.2, 0) is 33.5 Å². The molecule has 1 unspecified atom stereocenters. The van der Waals surface area contributed by atoms with E-state index in [1.165, 1.54) is 0 Å². The Bertz CT molecular complexity index is 866. The lowest BCUT2D eigenvalue weighted by Crippen LogP contribution is -2.39. The van der Waals surface area contributed by atoms with Crippen LogP contribution in [0.1, 0.15) is 23.7 Å². The van der Waals surface area contributed by atoms with Crippen LogP contribution in [0.5, 0.6) is 0 Å². The van der Waals surface area contributed by atoms with E-state index in [1.807, 2.05) is 47.2 Å². The molecular formula is C17H22N4O4S. The molecule has 9 heteroatoms. The van der Waals surface area contributed by atoms with Gasteiger partial charge in [0.1, 0.15) is 5.75 Å². The second-order valence-electron chi connectivity index (χ2n) is 6.64. The van der Waals surface area contributed by atoms with Crippen molar-refractivity contribution in [3.05, 3.63) is 47.6 Å². The Morgan fingerprint density at radius 2 is 2.04 bits per heavy atom. The van der Waals surface area contributed by atoms with Crippen LogP contribution >= 0.6 is 0 Å². The maximum absolute atomic E-state index is 12.7. The third kappa shape index (κ3) is 4.67. The van der Waals surface area contributed by atoms with Crippen LogP contribution in [0.25, 0.3) is 0 Å². The summed E-state index contributed by atoms with van der Waals surface area (Å²) in [5, 5.41) is 3.68. The fourth-order valence-corrected chi connectivity index (χ4v) is 3.65. The zero-order chi connectivity index (χ0) is 18.7. The highest BCUT2D eigenvalue weighted by molar-refractivity contribution is 7.89. The summed E-state index contributed by atoms with van der Waals surface area (Å²) in [5.74, 6) is 0.264. The maximum Gasteiger partial charge on any atom is 0.240 e. The highest BCUT2D eigenvalue weighted by Gasteiger charge is 2.34. The average Bonchev–Trinajstić information content (AvgIpc) is 3.14. The van der Waals surface area contributed by atoms with E-state index in [0.717, 1.165) is 18.2 Å². The maximum atomic E-state index is 12.7. The second kappa shape index (κ2) is 7.55. The normalized spacial score (nSPS) is 18.0. The molecule has 8 nitrogen and oxygen atoms in total. The number of rotatable bonds is 7. The summed E-state index contributed by atoms with van der Waals surface area (Å²) in [5.41, 5.74) is 1.10. The van der Waals surface area contributed by atoms with Crippen LogP contribution in [0.2, 0.25) is 0 Å². The molecule has 1 aliphatic heterocycles. The smallest absolute Gasteiger partial charge is 0.240 e. The number of carbonyl (C=O) groups excluding carboxylic acids is 1. The number of likely N-dealkylation sites (N-methyl/N-ethyl adjacent to an activating group) is 1. The van der Waals surface area contributed by atoms with Crippen LogP contribution < -0.4 is 0 Å². The van der Waals surface area contributed by atoms with Crippen molar-refractivity contribution in [1.82, 2.24) is 19.9 Å².